The highest BCUT2D eigenvalue weighted by Crippen LogP contribution is 2.21. The van der Waals surface area contributed by atoms with Gasteiger partial charge in [0.05, 0.1) is 6.04 Å². The van der Waals surface area contributed by atoms with Crippen LogP contribution in [0.25, 0.3) is 11.1 Å². The van der Waals surface area contributed by atoms with E-state index in [9.17, 15) is 4.79 Å². The molecule has 1 aromatic carbocycles. The fourth-order valence-corrected chi connectivity index (χ4v) is 1.93. The van der Waals surface area contributed by atoms with E-state index in [4.69, 9.17) is 0 Å². The Morgan fingerprint density at radius 1 is 1.20 bits per heavy atom. The largest absolute Gasteiger partial charge is 0.339 e. The molecular formula is C17H16N2O. The van der Waals surface area contributed by atoms with Crippen molar-refractivity contribution in [3.8, 4) is 23.0 Å². The lowest BCUT2D eigenvalue weighted by Crippen LogP contribution is -2.24. The average Bonchev–Trinajstić information content (AvgIpc) is 2.48. The quantitative estimate of drug-likeness (QED) is 0.866. The Balaban J connectivity index is 2.11. The van der Waals surface area contributed by atoms with Crippen LogP contribution in [-0.4, -0.2) is 10.9 Å². The highest BCUT2D eigenvalue weighted by molar-refractivity contribution is 5.93. The van der Waals surface area contributed by atoms with Crippen molar-refractivity contribution >= 4 is 5.91 Å². The molecule has 3 heteroatoms. The van der Waals surface area contributed by atoms with E-state index in [1.807, 2.05) is 49.5 Å². The van der Waals surface area contributed by atoms with E-state index < -0.39 is 0 Å². The van der Waals surface area contributed by atoms with E-state index in [0.717, 1.165) is 16.7 Å². The molecule has 0 fully saturated rings. The van der Waals surface area contributed by atoms with Gasteiger partial charge in [0.25, 0.3) is 5.91 Å². The smallest absolute Gasteiger partial charge is 0.296 e. The van der Waals surface area contributed by atoms with Crippen molar-refractivity contribution in [1.82, 2.24) is 10.3 Å². The number of pyridine rings is 1. The summed E-state index contributed by atoms with van der Waals surface area (Å²) in [5.41, 5.74) is 3.23. The van der Waals surface area contributed by atoms with Crippen LogP contribution in [0.3, 0.4) is 0 Å². The molecule has 0 bridgehead atoms. The SMILES string of the molecule is CC#CC(=O)NC(C)c1ccc(-c2cccnc2)cc1. The van der Waals surface area contributed by atoms with Gasteiger partial charge in [-0.25, -0.2) is 0 Å². The second kappa shape index (κ2) is 6.53. The molecule has 0 saturated heterocycles. The number of hydrogen-bond acceptors (Lipinski definition) is 2. The molecule has 2 aromatic rings. The minimum Gasteiger partial charge on any atom is -0.339 e. The maximum atomic E-state index is 11.4. The third-order valence-corrected chi connectivity index (χ3v) is 2.99. The van der Waals surface area contributed by atoms with E-state index in [1.165, 1.54) is 0 Å². The second-order valence-corrected chi connectivity index (χ2v) is 4.43. The molecule has 0 saturated carbocycles. The molecule has 1 aromatic heterocycles. The Hall–Kier alpha value is -2.60. The molecule has 1 heterocycles. The Morgan fingerprint density at radius 2 is 1.95 bits per heavy atom. The average molecular weight is 264 g/mol. The minimum absolute atomic E-state index is 0.0636. The Morgan fingerprint density at radius 3 is 2.55 bits per heavy atom. The van der Waals surface area contributed by atoms with Crippen molar-refractivity contribution in [2.24, 2.45) is 0 Å². The van der Waals surface area contributed by atoms with Gasteiger partial charge in [-0.1, -0.05) is 36.3 Å². The van der Waals surface area contributed by atoms with Gasteiger partial charge in [-0.2, -0.15) is 0 Å². The first-order valence-electron chi connectivity index (χ1n) is 6.44. The summed E-state index contributed by atoms with van der Waals surface area (Å²) >= 11 is 0. The van der Waals surface area contributed by atoms with E-state index in [-0.39, 0.29) is 11.9 Å². The fourth-order valence-electron chi connectivity index (χ4n) is 1.93. The number of benzene rings is 1. The van der Waals surface area contributed by atoms with Crippen LogP contribution in [0.4, 0.5) is 0 Å². The lowest BCUT2D eigenvalue weighted by molar-refractivity contribution is -0.116. The van der Waals surface area contributed by atoms with E-state index in [0.29, 0.717) is 0 Å². The number of hydrogen-bond donors (Lipinski definition) is 1. The van der Waals surface area contributed by atoms with Gasteiger partial charge in [-0.05, 0) is 42.5 Å². The zero-order valence-corrected chi connectivity index (χ0v) is 11.6. The molecule has 1 unspecified atom stereocenters. The highest BCUT2D eigenvalue weighted by atomic mass is 16.1. The van der Waals surface area contributed by atoms with E-state index >= 15 is 0 Å². The van der Waals surface area contributed by atoms with Crippen molar-refractivity contribution in [2.75, 3.05) is 0 Å². The van der Waals surface area contributed by atoms with Crippen molar-refractivity contribution in [2.45, 2.75) is 19.9 Å². The summed E-state index contributed by atoms with van der Waals surface area (Å²) in [7, 11) is 0. The van der Waals surface area contributed by atoms with Crippen molar-refractivity contribution < 1.29 is 4.79 Å². The van der Waals surface area contributed by atoms with Gasteiger partial charge in [-0.3, -0.25) is 9.78 Å². The molecule has 1 atom stereocenters. The van der Waals surface area contributed by atoms with Gasteiger partial charge in [0.15, 0.2) is 0 Å². The first-order valence-corrected chi connectivity index (χ1v) is 6.44. The van der Waals surface area contributed by atoms with Crippen LogP contribution >= 0.6 is 0 Å². The number of carbonyl (C=O) groups excluding carboxylic acids is 1. The number of aromatic nitrogens is 1. The van der Waals surface area contributed by atoms with Crippen molar-refractivity contribution in [1.29, 1.82) is 0 Å². The second-order valence-electron chi connectivity index (χ2n) is 4.43. The highest BCUT2D eigenvalue weighted by Gasteiger charge is 2.07. The van der Waals surface area contributed by atoms with Crippen LogP contribution in [0, 0.1) is 11.8 Å². The Kier molecular flexibility index (Phi) is 4.52. The summed E-state index contributed by atoms with van der Waals surface area (Å²) < 4.78 is 0. The third kappa shape index (κ3) is 3.46. The number of amides is 1. The summed E-state index contributed by atoms with van der Waals surface area (Å²) in [6.45, 7) is 3.58. The van der Waals surface area contributed by atoms with Gasteiger partial charge in [-0.15, -0.1) is 0 Å². The Labute approximate surface area is 119 Å². The molecule has 0 aliphatic rings. The predicted molar refractivity (Wildman–Crippen MR) is 79.7 cm³/mol. The Bertz CT molecular complexity index is 636. The molecule has 0 aliphatic heterocycles. The van der Waals surface area contributed by atoms with Crippen molar-refractivity contribution in [3.05, 3.63) is 54.4 Å². The monoisotopic (exact) mass is 264 g/mol. The van der Waals surface area contributed by atoms with E-state index in [1.54, 1.807) is 13.1 Å². The third-order valence-electron chi connectivity index (χ3n) is 2.99. The molecule has 2 rings (SSSR count). The number of nitrogens with zero attached hydrogens (tertiary/aromatic N) is 1. The van der Waals surface area contributed by atoms with Gasteiger partial charge >= 0.3 is 0 Å². The molecule has 0 radical (unpaired) electrons. The zero-order chi connectivity index (χ0) is 14.4. The standard InChI is InChI=1S/C17H16N2O/c1-3-5-17(20)19-13(2)14-7-9-15(10-8-14)16-6-4-11-18-12-16/h4,6-13H,1-2H3,(H,19,20). The summed E-state index contributed by atoms with van der Waals surface area (Å²) in [6.07, 6.45) is 3.58. The van der Waals surface area contributed by atoms with Crippen LogP contribution in [0.15, 0.2) is 48.8 Å². The van der Waals surface area contributed by atoms with E-state index in [2.05, 4.69) is 22.1 Å². The molecular weight excluding hydrogens is 248 g/mol. The predicted octanol–water partition coefficient (Wildman–Crippen LogP) is 2.95. The van der Waals surface area contributed by atoms with Crippen LogP contribution in [-0.2, 0) is 4.79 Å². The summed E-state index contributed by atoms with van der Waals surface area (Å²) in [6, 6.07) is 11.9. The number of rotatable bonds is 3. The zero-order valence-electron chi connectivity index (χ0n) is 11.6. The first-order chi connectivity index (χ1) is 9.70. The van der Waals surface area contributed by atoms with Crippen LogP contribution in [0.1, 0.15) is 25.5 Å². The topological polar surface area (TPSA) is 42.0 Å². The minimum atomic E-state index is -0.253. The molecule has 0 spiro atoms. The summed E-state index contributed by atoms with van der Waals surface area (Å²) in [5, 5.41) is 2.83. The first kappa shape index (κ1) is 13.8. The fraction of sp³-hybridized carbons (Fsp3) is 0.176. The normalized spacial score (nSPS) is 11.1. The lowest BCUT2D eigenvalue weighted by Gasteiger charge is -2.12. The number of carbonyl (C=O) groups is 1. The molecule has 1 N–H and O–H groups in total. The lowest BCUT2D eigenvalue weighted by atomic mass is 10.0. The molecule has 3 nitrogen and oxygen atoms in total. The molecule has 0 aliphatic carbocycles. The maximum Gasteiger partial charge on any atom is 0.296 e. The summed E-state index contributed by atoms with van der Waals surface area (Å²) in [4.78, 5) is 15.5. The summed E-state index contributed by atoms with van der Waals surface area (Å²) in [5.74, 6) is 4.81. The maximum absolute atomic E-state index is 11.4. The molecule has 100 valence electrons. The van der Waals surface area contributed by atoms with Crippen molar-refractivity contribution in [3.63, 3.8) is 0 Å². The van der Waals surface area contributed by atoms with Gasteiger partial charge in [0, 0.05) is 12.4 Å². The molecule has 20 heavy (non-hydrogen) atoms. The number of nitrogens with one attached hydrogen (secondary N) is 1. The molecule has 1 amide bonds. The van der Waals surface area contributed by atoms with Gasteiger partial charge in [0.1, 0.15) is 0 Å². The van der Waals surface area contributed by atoms with Gasteiger partial charge < -0.3 is 5.32 Å². The van der Waals surface area contributed by atoms with Crippen LogP contribution in [0.2, 0.25) is 0 Å². The van der Waals surface area contributed by atoms with Crippen LogP contribution in [0.5, 0.6) is 0 Å². The van der Waals surface area contributed by atoms with Gasteiger partial charge in [0.2, 0.25) is 0 Å². The van der Waals surface area contributed by atoms with Crippen LogP contribution < -0.4 is 5.32 Å².